The Morgan fingerprint density at radius 2 is 1.81 bits per heavy atom. The Labute approximate surface area is 98.6 Å². The van der Waals surface area contributed by atoms with Crippen molar-refractivity contribution in [1.82, 2.24) is 0 Å². The highest BCUT2D eigenvalue weighted by Crippen LogP contribution is 2.06. The standard InChI is InChI=1S/C14H22O2/c1-3-8-14(15-4-2)16-12-11-13-9-6-5-7-10-13/h5-7,9-10,14H,3-4,8,11-12H2,1-2H3. The molecule has 1 atom stereocenters. The molecular weight excluding hydrogens is 200 g/mol. The van der Waals surface area contributed by atoms with Crippen molar-refractivity contribution >= 4 is 0 Å². The summed E-state index contributed by atoms with van der Waals surface area (Å²) >= 11 is 0. The first-order valence-electron chi connectivity index (χ1n) is 6.14. The Kier molecular flexibility index (Phi) is 6.86. The Morgan fingerprint density at radius 1 is 1.06 bits per heavy atom. The van der Waals surface area contributed by atoms with Crippen molar-refractivity contribution in [3.05, 3.63) is 35.9 Å². The lowest BCUT2D eigenvalue weighted by Gasteiger charge is -2.16. The molecule has 0 aromatic heterocycles. The van der Waals surface area contributed by atoms with Crippen LogP contribution in [0.1, 0.15) is 32.3 Å². The van der Waals surface area contributed by atoms with Gasteiger partial charge in [0.2, 0.25) is 0 Å². The van der Waals surface area contributed by atoms with Crippen LogP contribution in [0.3, 0.4) is 0 Å². The molecule has 0 radical (unpaired) electrons. The minimum Gasteiger partial charge on any atom is -0.353 e. The zero-order valence-corrected chi connectivity index (χ0v) is 10.3. The molecule has 0 spiro atoms. The molecule has 0 N–H and O–H groups in total. The summed E-state index contributed by atoms with van der Waals surface area (Å²) < 4.78 is 11.2. The summed E-state index contributed by atoms with van der Waals surface area (Å²) in [6, 6.07) is 10.4. The van der Waals surface area contributed by atoms with Crippen LogP contribution in [0.25, 0.3) is 0 Å². The van der Waals surface area contributed by atoms with Crippen LogP contribution in [0.15, 0.2) is 30.3 Å². The number of benzene rings is 1. The molecule has 0 aliphatic heterocycles. The predicted octanol–water partition coefficient (Wildman–Crippen LogP) is 3.41. The van der Waals surface area contributed by atoms with E-state index < -0.39 is 0 Å². The topological polar surface area (TPSA) is 18.5 Å². The van der Waals surface area contributed by atoms with Crippen molar-refractivity contribution in [2.24, 2.45) is 0 Å². The monoisotopic (exact) mass is 222 g/mol. The van der Waals surface area contributed by atoms with Gasteiger partial charge in [-0.15, -0.1) is 0 Å². The van der Waals surface area contributed by atoms with Crippen LogP contribution in [0.5, 0.6) is 0 Å². The van der Waals surface area contributed by atoms with Gasteiger partial charge >= 0.3 is 0 Å². The fraction of sp³-hybridized carbons (Fsp3) is 0.571. The minimum atomic E-state index is -0.0290. The summed E-state index contributed by atoms with van der Waals surface area (Å²) in [6.07, 6.45) is 2.99. The third-order valence-corrected chi connectivity index (χ3v) is 2.41. The Balaban J connectivity index is 2.22. The summed E-state index contributed by atoms with van der Waals surface area (Å²) in [5.41, 5.74) is 1.31. The second-order valence-corrected chi connectivity index (χ2v) is 3.78. The van der Waals surface area contributed by atoms with Gasteiger partial charge in [-0.25, -0.2) is 0 Å². The third-order valence-electron chi connectivity index (χ3n) is 2.41. The Morgan fingerprint density at radius 3 is 2.44 bits per heavy atom. The maximum absolute atomic E-state index is 5.70. The zero-order valence-electron chi connectivity index (χ0n) is 10.3. The molecule has 90 valence electrons. The molecule has 2 heteroatoms. The van der Waals surface area contributed by atoms with E-state index in [1.165, 1.54) is 5.56 Å². The molecule has 1 rings (SSSR count). The normalized spacial score (nSPS) is 12.6. The molecule has 1 aromatic carbocycles. The average Bonchev–Trinajstić information content (AvgIpc) is 2.31. The highest BCUT2D eigenvalue weighted by atomic mass is 16.7. The number of hydrogen-bond donors (Lipinski definition) is 0. The molecule has 0 heterocycles. The largest absolute Gasteiger partial charge is 0.353 e. The molecule has 0 bridgehead atoms. The van der Waals surface area contributed by atoms with E-state index in [4.69, 9.17) is 9.47 Å². The van der Waals surface area contributed by atoms with Crippen molar-refractivity contribution in [2.75, 3.05) is 13.2 Å². The summed E-state index contributed by atoms with van der Waals surface area (Å²) in [7, 11) is 0. The SMILES string of the molecule is CCCC(OCC)OCCc1ccccc1. The first-order chi connectivity index (χ1) is 7.86. The number of hydrogen-bond acceptors (Lipinski definition) is 2. The molecule has 0 amide bonds. The van der Waals surface area contributed by atoms with E-state index in [1.54, 1.807) is 0 Å². The van der Waals surface area contributed by atoms with Gasteiger partial charge in [-0.2, -0.15) is 0 Å². The van der Waals surface area contributed by atoms with Crippen molar-refractivity contribution in [3.8, 4) is 0 Å². The smallest absolute Gasteiger partial charge is 0.157 e. The van der Waals surface area contributed by atoms with E-state index in [9.17, 15) is 0 Å². The minimum absolute atomic E-state index is 0.0290. The van der Waals surface area contributed by atoms with Crippen LogP contribution in [-0.2, 0) is 15.9 Å². The summed E-state index contributed by atoms with van der Waals surface area (Å²) in [5.74, 6) is 0. The van der Waals surface area contributed by atoms with Crippen molar-refractivity contribution in [3.63, 3.8) is 0 Å². The first kappa shape index (κ1) is 13.2. The molecule has 2 nitrogen and oxygen atoms in total. The molecular formula is C14H22O2. The zero-order chi connectivity index (χ0) is 11.6. The summed E-state index contributed by atoms with van der Waals surface area (Å²) in [4.78, 5) is 0. The lowest BCUT2D eigenvalue weighted by atomic mass is 10.2. The molecule has 0 saturated heterocycles. The average molecular weight is 222 g/mol. The molecule has 1 unspecified atom stereocenters. The molecule has 0 aliphatic carbocycles. The van der Waals surface area contributed by atoms with Gasteiger partial charge in [-0.3, -0.25) is 0 Å². The van der Waals surface area contributed by atoms with Crippen LogP contribution < -0.4 is 0 Å². The van der Waals surface area contributed by atoms with Gasteiger partial charge in [0, 0.05) is 6.61 Å². The molecule has 0 aliphatic rings. The van der Waals surface area contributed by atoms with Crippen LogP contribution >= 0.6 is 0 Å². The van der Waals surface area contributed by atoms with E-state index in [2.05, 4.69) is 31.2 Å². The second kappa shape index (κ2) is 8.31. The third kappa shape index (κ3) is 5.29. The molecule has 0 fully saturated rings. The van der Waals surface area contributed by atoms with Crippen molar-refractivity contribution < 1.29 is 9.47 Å². The number of ether oxygens (including phenoxy) is 2. The van der Waals surface area contributed by atoms with Gasteiger partial charge in [0.15, 0.2) is 6.29 Å². The summed E-state index contributed by atoms with van der Waals surface area (Å²) in [6.45, 7) is 5.60. The van der Waals surface area contributed by atoms with Gasteiger partial charge < -0.3 is 9.47 Å². The van der Waals surface area contributed by atoms with Crippen LogP contribution in [0.4, 0.5) is 0 Å². The van der Waals surface area contributed by atoms with Crippen molar-refractivity contribution in [1.29, 1.82) is 0 Å². The maximum Gasteiger partial charge on any atom is 0.157 e. The fourth-order valence-corrected chi connectivity index (χ4v) is 1.59. The van der Waals surface area contributed by atoms with Crippen LogP contribution in [0.2, 0.25) is 0 Å². The quantitative estimate of drug-likeness (QED) is 0.627. The Bertz CT molecular complexity index is 253. The highest BCUT2D eigenvalue weighted by Gasteiger charge is 2.06. The highest BCUT2D eigenvalue weighted by molar-refractivity contribution is 5.14. The fourth-order valence-electron chi connectivity index (χ4n) is 1.59. The van der Waals surface area contributed by atoms with E-state index in [0.29, 0.717) is 0 Å². The second-order valence-electron chi connectivity index (χ2n) is 3.78. The number of rotatable bonds is 8. The molecule has 0 saturated carbocycles. The lowest BCUT2D eigenvalue weighted by molar-refractivity contribution is -0.142. The van der Waals surface area contributed by atoms with E-state index in [-0.39, 0.29) is 6.29 Å². The van der Waals surface area contributed by atoms with Crippen LogP contribution in [0, 0.1) is 0 Å². The maximum atomic E-state index is 5.70. The lowest BCUT2D eigenvalue weighted by Crippen LogP contribution is -2.18. The van der Waals surface area contributed by atoms with E-state index in [1.807, 2.05) is 13.0 Å². The first-order valence-corrected chi connectivity index (χ1v) is 6.14. The van der Waals surface area contributed by atoms with E-state index >= 15 is 0 Å². The summed E-state index contributed by atoms with van der Waals surface area (Å²) in [5, 5.41) is 0. The van der Waals surface area contributed by atoms with Gasteiger partial charge in [0.25, 0.3) is 0 Å². The van der Waals surface area contributed by atoms with Gasteiger partial charge in [-0.1, -0.05) is 43.7 Å². The molecule has 1 aromatic rings. The molecule has 16 heavy (non-hydrogen) atoms. The van der Waals surface area contributed by atoms with Crippen molar-refractivity contribution in [2.45, 2.75) is 39.4 Å². The predicted molar refractivity (Wildman–Crippen MR) is 66.4 cm³/mol. The van der Waals surface area contributed by atoms with Gasteiger partial charge in [0.05, 0.1) is 6.61 Å². The Hall–Kier alpha value is -0.860. The van der Waals surface area contributed by atoms with Crippen LogP contribution in [-0.4, -0.2) is 19.5 Å². The van der Waals surface area contributed by atoms with E-state index in [0.717, 1.165) is 32.5 Å². The van der Waals surface area contributed by atoms with Gasteiger partial charge in [-0.05, 0) is 25.3 Å². The van der Waals surface area contributed by atoms with Gasteiger partial charge in [0.1, 0.15) is 0 Å².